The van der Waals surface area contributed by atoms with Gasteiger partial charge in [-0.2, -0.15) is 0 Å². The molecule has 0 spiro atoms. The largest absolute Gasteiger partial charge is 0.396 e. The van der Waals surface area contributed by atoms with Crippen LogP contribution >= 0.6 is 15.9 Å². The van der Waals surface area contributed by atoms with Crippen LogP contribution in [-0.2, 0) is 0 Å². The van der Waals surface area contributed by atoms with E-state index >= 15 is 0 Å². The molecule has 1 fully saturated rings. The van der Waals surface area contributed by atoms with Crippen molar-refractivity contribution >= 4 is 21.7 Å². The number of aryl methyl sites for hydroxylation is 1. The summed E-state index contributed by atoms with van der Waals surface area (Å²) in [6, 6.07) is 3.82. The topological polar surface area (TPSA) is 36.4 Å². The highest BCUT2D eigenvalue weighted by Gasteiger charge is 2.33. The van der Waals surface area contributed by atoms with Crippen LogP contribution in [0.5, 0.6) is 0 Å². The summed E-state index contributed by atoms with van der Waals surface area (Å²) < 4.78 is 14.3. The van der Waals surface area contributed by atoms with Crippen molar-refractivity contribution in [2.24, 2.45) is 5.92 Å². The molecule has 88 valence electrons. The Kier molecular flexibility index (Phi) is 3.44. The Hall–Kier alpha value is -0.680. The molecule has 1 N–H and O–H groups in total. The van der Waals surface area contributed by atoms with Gasteiger partial charge in [-0.3, -0.25) is 0 Å². The quantitative estimate of drug-likeness (QED) is 0.845. The van der Waals surface area contributed by atoms with Gasteiger partial charge in [0.25, 0.3) is 0 Å². The molecule has 2 atom stereocenters. The molecule has 1 saturated heterocycles. The van der Waals surface area contributed by atoms with Crippen LogP contribution in [0.25, 0.3) is 0 Å². The first-order valence-electron chi connectivity index (χ1n) is 5.25. The van der Waals surface area contributed by atoms with E-state index in [-0.39, 0.29) is 12.5 Å². The number of aliphatic hydroxyl groups is 1. The molecule has 1 aliphatic rings. The maximum atomic E-state index is 13.5. The van der Waals surface area contributed by atoms with Crippen LogP contribution in [0.3, 0.4) is 0 Å². The lowest BCUT2D eigenvalue weighted by Crippen LogP contribution is -2.22. The van der Waals surface area contributed by atoms with Gasteiger partial charge in [-0.1, -0.05) is 6.07 Å². The number of rotatable bonds is 2. The zero-order valence-electron chi connectivity index (χ0n) is 9.03. The van der Waals surface area contributed by atoms with Gasteiger partial charge in [-0.25, -0.2) is 9.37 Å². The molecule has 5 heteroatoms. The smallest absolute Gasteiger partial charge is 0.132 e. The van der Waals surface area contributed by atoms with Crippen LogP contribution in [0.1, 0.15) is 5.56 Å². The molecule has 0 amide bonds. The minimum absolute atomic E-state index is 0.106. The average molecular weight is 289 g/mol. The van der Waals surface area contributed by atoms with E-state index in [0.29, 0.717) is 13.1 Å². The van der Waals surface area contributed by atoms with Gasteiger partial charge < -0.3 is 10.0 Å². The Labute approximate surface area is 102 Å². The number of hydrogen-bond donors (Lipinski definition) is 1. The maximum absolute atomic E-state index is 13.5. The molecule has 1 aromatic heterocycles. The van der Waals surface area contributed by atoms with Gasteiger partial charge in [-0.15, -0.1) is 0 Å². The van der Waals surface area contributed by atoms with Crippen LogP contribution in [-0.4, -0.2) is 36.0 Å². The summed E-state index contributed by atoms with van der Waals surface area (Å²) in [6.07, 6.45) is -0.967. The van der Waals surface area contributed by atoms with E-state index in [1.165, 1.54) is 0 Å². The molecule has 3 nitrogen and oxygen atoms in total. The lowest BCUT2D eigenvalue weighted by atomic mass is 10.1. The first-order chi connectivity index (χ1) is 7.61. The molecule has 0 unspecified atom stereocenters. The normalized spacial score (nSPS) is 25.1. The fraction of sp³-hybridized carbons (Fsp3) is 0.545. The highest BCUT2D eigenvalue weighted by atomic mass is 79.9. The monoisotopic (exact) mass is 288 g/mol. The zero-order chi connectivity index (χ0) is 11.7. The van der Waals surface area contributed by atoms with E-state index in [1.54, 1.807) is 0 Å². The molecule has 16 heavy (non-hydrogen) atoms. The summed E-state index contributed by atoms with van der Waals surface area (Å²) in [6.45, 7) is 2.69. The van der Waals surface area contributed by atoms with Crippen LogP contribution < -0.4 is 4.90 Å². The third-order valence-electron chi connectivity index (χ3n) is 2.93. The summed E-state index contributed by atoms with van der Waals surface area (Å²) in [5.41, 5.74) is 1.02. The maximum Gasteiger partial charge on any atom is 0.132 e. The first kappa shape index (κ1) is 11.8. The number of alkyl halides is 1. The van der Waals surface area contributed by atoms with E-state index in [4.69, 9.17) is 5.11 Å². The number of hydrogen-bond acceptors (Lipinski definition) is 3. The van der Waals surface area contributed by atoms with Crippen molar-refractivity contribution in [3.05, 3.63) is 22.3 Å². The number of anilines is 1. The van der Waals surface area contributed by atoms with Crippen LogP contribution in [0.2, 0.25) is 0 Å². The Balaban J connectivity index is 2.22. The van der Waals surface area contributed by atoms with Crippen LogP contribution in [0, 0.1) is 12.8 Å². The Morgan fingerprint density at radius 2 is 2.31 bits per heavy atom. The molecule has 0 aliphatic carbocycles. The minimum atomic E-state index is -0.967. The van der Waals surface area contributed by atoms with Gasteiger partial charge in [0.2, 0.25) is 0 Å². The third-order valence-corrected chi connectivity index (χ3v) is 3.37. The van der Waals surface area contributed by atoms with Crippen molar-refractivity contribution in [3.8, 4) is 0 Å². The van der Waals surface area contributed by atoms with Crippen molar-refractivity contribution in [3.63, 3.8) is 0 Å². The van der Waals surface area contributed by atoms with E-state index in [1.807, 2.05) is 24.0 Å². The SMILES string of the molecule is Cc1ccc(Br)nc1N1C[C@@H](CO)[C@H](F)C1. The fourth-order valence-corrected chi connectivity index (χ4v) is 2.29. The predicted octanol–water partition coefficient (Wildman–Crippen LogP) is 1.92. The van der Waals surface area contributed by atoms with Crippen LogP contribution in [0.15, 0.2) is 16.7 Å². The van der Waals surface area contributed by atoms with E-state index in [0.717, 1.165) is 16.0 Å². The van der Waals surface area contributed by atoms with Gasteiger partial charge in [0.05, 0.1) is 13.2 Å². The van der Waals surface area contributed by atoms with Crippen molar-refractivity contribution in [1.82, 2.24) is 4.98 Å². The van der Waals surface area contributed by atoms with Gasteiger partial charge in [0.15, 0.2) is 0 Å². The number of nitrogens with zero attached hydrogens (tertiary/aromatic N) is 2. The molecule has 0 radical (unpaired) electrons. The molecule has 0 aromatic carbocycles. The van der Waals surface area contributed by atoms with E-state index in [9.17, 15) is 4.39 Å². The number of halogens is 2. The molecule has 0 saturated carbocycles. The van der Waals surface area contributed by atoms with Crippen molar-refractivity contribution in [2.45, 2.75) is 13.1 Å². The first-order valence-corrected chi connectivity index (χ1v) is 6.04. The highest BCUT2D eigenvalue weighted by Crippen LogP contribution is 2.27. The summed E-state index contributed by atoms with van der Waals surface area (Å²) in [5, 5.41) is 9.03. The molecular weight excluding hydrogens is 275 g/mol. The molecule has 0 bridgehead atoms. The third kappa shape index (κ3) is 2.20. The molecule has 1 aliphatic heterocycles. The second kappa shape index (κ2) is 4.67. The lowest BCUT2D eigenvalue weighted by Gasteiger charge is -2.19. The highest BCUT2D eigenvalue weighted by molar-refractivity contribution is 9.10. The number of aromatic nitrogens is 1. The summed E-state index contributed by atoms with van der Waals surface area (Å²) in [5.74, 6) is 0.508. The van der Waals surface area contributed by atoms with Gasteiger partial charge in [0.1, 0.15) is 16.6 Å². The van der Waals surface area contributed by atoms with E-state index < -0.39 is 6.17 Å². The second-order valence-electron chi connectivity index (χ2n) is 4.14. The van der Waals surface area contributed by atoms with Crippen molar-refractivity contribution in [2.75, 3.05) is 24.6 Å². The van der Waals surface area contributed by atoms with E-state index in [2.05, 4.69) is 20.9 Å². The lowest BCUT2D eigenvalue weighted by molar-refractivity contribution is 0.175. The van der Waals surface area contributed by atoms with Crippen molar-refractivity contribution in [1.29, 1.82) is 0 Å². The molecule has 2 heterocycles. The fourth-order valence-electron chi connectivity index (χ4n) is 1.99. The van der Waals surface area contributed by atoms with Gasteiger partial charge in [-0.05, 0) is 34.5 Å². The molecular formula is C11H14BrFN2O. The molecule has 2 rings (SSSR count). The minimum Gasteiger partial charge on any atom is -0.396 e. The predicted molar refractivity (Wildman–Crippen MR) is 64.4 cm³/mol. The summed E-state index contributed by atoms with van der Waals surface area (Å²) in [7, 11) is 0. The standard InChI is InChI=1S/C11H14BrFN2O/c1-7-2-3-10(12)14-11(7)15-4-8(6-16)9(13)5-15/h2-3,8-9,16H,4-6H2,1H3/t8-,9+/m0/s1. The average Bonchev–Trinajstić information content (AvgIpc) is 2.63. The Morgan fingerprint density at radius 1 is 1.56 bits per heavy atom. The van der Waals surface area contributed by atoms with Gasteiger partial charge in [0, 0.05) is 12.5 Å². The zero-order valence-corrected chi connectivity index (χ0v) is 10.6. The van der Waals surface area contributed by atoms with Crippen molar-refractivity contribution < 1.29 is 9.50 Å². The number of aliphatic hydroxyl groups excluding tert-OH is 1. The Morgan fingerprint density at radius 3 is 2.94 bits per heavy atom. The number of pyridine rings is 1. The van der Waals surface area contributed by atoms with Crippen LogP contribution in [0.4, 0.5) is 10.2 Å². The molecule has 1 aromatic rings. The Bertz CT molecular complexity index is 388. The summed E-state index contributed by atoms with van der Waals surface area (Å²) >= 11 is 3.31. The second-order valence-corrected chi connectivity index (χ2v) is 4.95. The summed E-state index contributed by atoms with van der Waals surface area (Å²) in [4.78, 5) is 6.25. The van der Waals surface area contributed by atoms with Gasteiger partial charge >= 0.3 is 0 Å².